The summed E-state index contributed by atoms with van der Waals surface area (Å²) in [5, 5.41) is 2.13. The molecule has 4 rings (SSSR count). The Morgan fingerprint density at radius 1 is 1.21 bits per heavy atom. The van der Waals surface area contributed by atoms with Gasteiger partial charge in [0.1, 0.15) is 6.54 Å². The Labute approximate surface area is 177 Å². The normalized spacial score (nSPS) is 19.6. The van der Waals surface area contributed by atoms with Gasteiger partial charge in [0.05, 0.1) is 6.04 Å². The average Bonchev–Trinajstić information content (AvgIpc) is 3.47. The van der Waals surface area contributed by atoms with E-state index in [-0.39, 0.29) is 36.4 Å². The smallest absolute Gasteiger partial charge is 0.243 e. The van der Waals surface area contributed by atoms with Gasteiger partial charge in [0.25, 0.3) is 0 Å². The summed E-state index contributed by atoms with van der Waals surface area (Å²) in [5.41, 5.74) is 3.62. The third-order valence-electron chi connectivity index (χ3n) is 6.41. The molecule has 0 N–H and O–H groups in total. The SMILES string of the molecule is CC[C@@H](C)N(CC(=O)N1CCc2sccc2[C@H]1c1ccccc1C)C(=O)C1CC1. The van der Waals surface area contributed by atoms with Crippen LogP contribution in [0.1, 0.15) is 60.7 Å². The predicted molar refractivity (Wildman–Crippen MR) is 117 cm³/mol. The Balaban J connectivity index is 1.64. The molecule has 29 heavy (non-hydrogen) atoms. The predicted octanol–water partition coefficient (Wildman–Crippen LogP) is 4.57. The van der Waals surface area contributed by atoms with Crippen LogP contribution in [-0.2, 0) is 16.0 Å². The molecule has 1 aromatic heterocycles. The highest BCUT2D eigenvalue weighted by Gasteiger charge is 2.38. The zero-order chi connectivity index (χ0) is 20.5. The Bertz CT molecular complexity index is 902. The van der Waals surface area contributed by atoms with Crippen molar-refractivity contribution in [2.75, 3.05) is 13.1 Å². The molecule has 2 aromatic rings. The van der Waals surface area contributed by atoms with Gasteiger partial charge in [-0.1, -0.05) is 31.2 Å². The number of hydrogen-bond donors (Lipinski definition) is 0. The molecule has 1 aliphatic carbocycles. The lowest BCUT2D eigenvalue weighted by Gasteiger charge is -2.39. The molecule has 1 aromatic carbocycles. The van der Waals surface area contributed by atoms with Gasteiger partial charge in [0.2, 0.25) is 11.8 Å². The standard InChI is InChI=1S/C24H30N2O2S/c1-4-17(3)26(24(28)18-9-10-18)15-22(27)25-13-11-21-20(12-14-29-21)23(25)19-8-6-5-7-16(19)2/h5-8,12,14,17-18,23H,4,9-11,13,15H2,1-3H3/t17-,23-/m1/s1. The molecule has 1 fully saturated rings. The Kier molecular flexibility index (Phi) is 5.77. The second kappa shape index (κ2) is 8.31. The van der Waals surface area contributed by atoms with Crippen LogP contribution in [-0.4, -0.2) is 40.7 Å². The topological polar surface area (TPSA) is 40.6 Å². The third-order valence-corrected chi connectivity index (χ3v) is 7.40. The van der Waals surface area contributed by atoms with E-state index in [0.717, 1.165) is 25.7 Å². The molecule has 1 aliphatic heterocycles. The third kappa shape index (κ3) is 3.97. The summed E-state index contributed by atoms with van der Waals surface area (Å²) >= 11 is 1.78. The fraction of sp³-hybridized carbons (Fsp3) is 0.500. The fourth-order valence-corrected chi connectivity index (χ4v) is 5.19. The van der Waals surface area contributed by atoms with Crippen molar-refractivity contribution in [2.45, 2.75) is 58.5 Å². The molecule has 0 unspecified atom stereocenters. The summed E-state index contributed by atoms with van der Waals surface area (Å²) in [6.07, 6.45) is 3.68. The van der Waals surface area contributed by atoms with Crippen LogP contribution >= 0.6 is 11.3 Å². The molecule has 2 atom stereocenters. The first-order valence-corrected chi connectivity index (χ1v) is 11.6. The van der Waals surface area contributed by atoms with Crippen LogP contribution in [0.5, 0.6) is 0 Å². The number of nitrogens with zero attached hydrogens (tertiary/aromatic N) is 2. The van der Waals surface area contributed by atoms with Gasteiger partial charge in [0.15, 0.2) is 0 Å². The highest BCUT2D eigenvalue weighted by Crippen LogP contribution is 2.39. The largest absolute Gasteiger partial charge is 0.330 e. The maximum absolute atomic E-state index is 13.5. The minimum atomic E-state index is -0.0616. The van der Waals surface area contributed by atoms with E-state index in [1.54, 1.807) is 11.3 Å². The van der Waals surface area contributed by atoms with E-state index in [1.807, 2.05) is 21.9 Å². The average molecular weight is 411 g/mol. The second-order valence-electron chi connectivity index (χ2n) is 8.39. The first-order valence-electron chi connectivity index (χ1n) is 10.7. The molecule has 1 saturated carbocycles. The van der Waals surface area contributed by atoms with Crippen LogP contribution in [0.2, 0.25) is 0 Å². The van der Waals surface area contributed by atoms with Crippen LogP contribution < -0.4 is 0 Å². The summed E-state index contributed by atoms with van der Waals surface area (Å²) in [7, 11) is 0. The molecule has 2 amide bonds. The van der Waals surface area contributed by atoms with Gasteiger partial charge in [-0.25, -0.2) is 0 Å². The highest BCUT2D eigenvalue weighted by molar-refractivity contribution is 7.10. The van der Waals surface area contributed by atoms with Crippen molar-refractivity contribution in [3.63, 3.8) is 0 Å². The number of aryl methyl sites for hydroxylation is 1. The molecule has 2 heterocycles. The fourth-order valence-electron chi connectivity index (χ4n) is 4.29. The molecule has 0 bridgehead atoms. The molecular weight excluding hydrogens is 380 g/mol. The number of carbonyl (C=O) groups excluding carboxylic acids is 2. The van der Waals surface area contributed by atoms with E-state index >= 15 is 0 Å². The van der Waals surface area contributed by atoms with E-state index in [0.29, 0.717) is 6.54 Å². The van der Waals surface area contributed by atoms with Crippen molar-refractivity contribution in [1.82, 2.24) is 9.80 Å². The summed E-state index contributed by atoms with van der Waals surface area (Å²) in [6.45, 7) is 7.14. The summed E-state index contributed by atoms with van der Waals surface area (Å²) in [6, 6.07) is 10.5. The highest BCUT2D eigenvalue weighted by atomic mass is 32.1. The Hall–Kier alpha value is -2.14. The monoisotopic (exact) mass is 410 g/mol. The van der Waals surface area contributed by atoms with E-state index in [9.17, 15) is 9.59 Å². The van der Waals surface area contributed by atoms with Crippen molar-refractivity contribution < 1.29 is 9.59 Å². The van der Waals surface area contributed by atoms with Gasteiger partial charge in [-0.05, 0) is 67.7 Å². The Morgan fingerprint density at radius 3 is 2.66 bits per heavy atom. The second-order valence-corrected chi connectivity index (χ2v) is 9.39. The number of amides is 2. The van der Waals surface area contributed by atoms with Crippen molar-refractivity contribution in [3.05, 3.63) is 57.3 Å². The number of carbonyl (C=O) groups is 2. The lowest BCUT2D eigenvalue weighted by Crippen LogP contribution is -2.49. The van der Waals surface area contributed by atoms with Gasteiger partial charge in [-0.2, -0.15) is 0 Å². The maximum atomic E-state index is 13.5. The number of benzene rings is 1. The van der Waals surface area contributed by atoms with E-state index < -0.39 is 0 Å². The quantitative estimate of drug-likeness (QED) is 0.700. The number of fused-ring (bicyclic) bond motifs is 1. The van der Waals surface area contributed by atoms with Crippen molar-refractivity contribution in [3.8, 4) is 0 Å². The number of thiophene rings is 1. The lowest BCUT2D eigenvalue weighted by molar-refractivity contribution is -0.144. The lowest BCUT2D eigenvalue weighted by atomic mass is 9.90. The molecular formula is C24H30N2O2S. The molecule has 4 nitrogen and oxygen atoms in total. The van der Waals surface area contributed by atoms with Crippen LogP contribution in [0, 0.1) is 12.8 Å². The molecule has 5 heteroatoms. The zero-order valence-electron chi connectivity index (χ0n) is 17.6. The van der Waals surface area contributed by atoms with Crippen LogP contribution in [0.3, 0.4) is 0 Å². The van der Waals surface area contributed by atoms with Crippen molar-refractivity contribution in [1.29, 1.82) is 0 Å². The van der Waals surface area contributed by atoms with Gasteiger partial charge >= 0.3 is 0 Å². The van der Waals surface area contributed by atoms with E-state index in [4.69, 9.17) is 0 Å². The molecule has 0 radical (unpaired) electrons. The molecule has 2 aliphatic rings. The molecule has 0 saturated heterocycles. The van der Waals surface area contributed by atoms with Gasteiger partial charge < -0.3 is 9.80 Å². The van der Waals surface area contributed by atoms with Crippen molar-refractivity contribution in [2.24, 2.45) is 5.92 Å². The zero-order valence-corrected chi connectivity index (χ0v) is 18.4. The van der Waals surface area contributed by atoms with E-state index in [1.165, 1.54) is 21.6 Å². The molecule has 0 spiro atoms. The molecule has 154 valence electrons. The summed E-state index contributed by atoms with van der Waals surface area (Å²) in [5.74, 6) is 0.353. The minimum absolute atomic E-state index is 0.0596. The van der Waals surface area contributed by atoms with Gasteiger partial charge in [-0.15, -0.1) is 11.3 Å². The maximum Gasteiger partial charge on any atom is 0.243 e. The Morgan fingerprint density at radius 2 is 1.97 bits per heavy atom. The number of hydrogen-bond acceptors (Lipinski definition) is 3. The van der Waals surface area contributed by atoms with Crippen LogP contribution in [0.25, 0.3) is 0 Å². The first-order chi connectivity index (χ1) is 14.0. The van der Waals surface area contributed by atoms with Crippen molar-refractivity contribution >= 4 is 23.2 Å². The van der Waals surface area contributed by atoms with Gasteiger partial charge in [0, 0.05) is 23.4 Å². The number of rotatable bonds is 6. The van der Waals surface area contributed by atoms with Crippen LogP contribution in [0.4, 0.5) is 0 Å². The first kappa shape index (κ1) is 20.1. The van der Waals surface area contributed by atoms with E-state index in [2.05, 4.69) is 44.4 Å². The van der Waals surface area contributed by atoms with Gasteiger partial charge in [-0.3, -0.25) is 9.59 Å². The minimum Gasteiger partial charge on any atom is -0.330 e. The summed E-state index contributed by atoms with van der Waals surface area (Å²) < 4.78 is 0. The van der Waals surface area contributed by atoms with Crippen LogP contribution in [0.15, 0.2) is 35.7 Å². The summed E-state index contributed by atoms with van der Waals surface area (Å²) in [4.78, 5) is 31.6.